The Kier molecular flexibility index (Phi) is 5.53. The molecule has 0 aliphatic carbocycles. The molecule has 1 N–H and O–H groups in total. The summed E-state index contributed by atoms with van der Waals surface area (Å²) in [7, 11) is 0. The van der Waals surface area contributed by atoms with Gasteiger partial charge in [-0.25, -0.2) is 0 Å². The van der Waals surface area contributed by atoms with Gasteiger partial charge >= 0.3 is 0 Å². The molecule has 0 aromatic heterocycles. The topological polar surface area (TPSA) is 39.1 Å². The third-order valence-electron chi connectivity index (χ3n) is 3.28. The Balaban J connectivity index is 2.53. The zero-order valence-corrected chi connectivity index (χ0v) is 12.3. The smallest absolute Gasteiger partial charge is 0.112 e. The molecule has 0 radical (unpaired) electrons. The van der Waals surface area contributed by atoms with E-state index in [-0.39, 0.29) is 0 Å². The van der Waals surface area contributed by atoms with Gasteiger partial charge in [0.15, 0.2) is 0 Å². The van der Waals surface area contributed by atoms with Crippen LogP contribution in [0.1, 0.15) is 47.0 Å². The van der Waals surface area contributed by atoms with E-state index in [1.165, 1.54) is 12.8 Å². The molecule has 3 nitrogen and oxygen atoms in total. The molecule has 0 amide bonds. The number of allylic oxidation sites excluding steroid dienone is 1. The lowest BCUT2D eigenvalue weighted by atomic mass is 9.84. The first-order chi connectivity index (χ1) is 8.46. The second-order valence-electron chi connectivity index (χ2n) is 6.45. The van der Waals surface area contributed by atoms with Gasteiger partial charge in [0.1, 0.15) is 5.82 Å². The Labute approximate surface area is 112 Å². The minimum absolute atomic E-state index is 0.399. The second-order valence-corrected chi connectivity index (χ2v) is 6.45. The zero-order valence-electron chi connectivity index (χ0n) is 12.3. The highest BCUT2D eigenvalue weighted by atomic mass is 15.3. The lowest BCUT2D eigenvalue weighted by molar-refractivity contribution is 0.287. The second kappa shape index (κ2) is 6.68. The summed E-state index contributed by atoms with van der Waals surface area (Å²) < 4.78 is 0. The van der Waals surface area contributed by atoms with Crippen LogP contribution < -0.4 is 5.32 Å². The Morgan fingerprint density at radius 1 is 1.50 bits per heavy atom. The Morgan fingerprint density at radius 2 is 2.22 bits per heavy atom. The van der Waals surface area contributed by atoms with Gasteiger partial charge < -0.3 is 10.2 Å². The van der Waals surface area contributed by atoms with Crippen LogP contribution in [0.2, 0.25) is 0 Å². The summed E-state index contributed by atoms with van der Waals surface area (Å²) in [6.45, 7) is 12.1. The lowest BCUT2D eigenvalue weighted by Gasteiger charge is -2.25. The van der Waals surface area contributed by atoms with Gasteiger partial charge in [-0.3, -0.25) is 0 Å². The Morgan fingerprint density at radius 3 is 2.78 bits per heavy atom. The largest absolute Gasteiger partial charge is 0.371 e. The zero-order chi connectivity index (χ0) is 13.6. The normalized spacial score (nSPS) is 20.9. The SMILES string of the molecule is CCCN/C(=C\C#N)N1CCC(CC(C)(C)C)C1. The first-order valence-electron chi connectivity index (χ1n) is 7.05. The third-order valence-corrected chi connectivity index (χ3v) is 3.28. The molecule has 1 aliphatic heterocycles. The minimum Gasteiger partial charge on any atom is -0.371 e. The summed E-state index contributed by atoms with van der Waals surface area (Å²) in [4.78, 5) is 2.33. The maximum atomic E-state index is 8.86. The van der Waals surface area contributed by atoms with Crippen molar-refractivity contribution < 1.29 is 0 Å². The molecule has 1 unspecified atom stereocenters. The molecular weight excluding hydrogens is 222 g/mol. The number of nitrogens with one attached hydrogen (secondary N) is 1. The standard InChI is InChI=1S/C15H27N3/c1-5-9-17-14(6-8-16)18-10-7-13(12-18)11-15(2,3)4/h6,13,17H,5,7,9-12H2,1-4H3/b14-6+. The van der Waals surface area contributed by atoms with E-state index in [1.807, 2.05) is 0 Å². The molecule has 1 heterocycles. The molecule has 1 fully saturated rings. The summed E-state index contributed by atoms with van der Waals surface area (Å²) in [5, 5.41) is 12.2. The molecule has 0 aromatic carbocycles. The predicted octanol–water partition coefficient (Wildman–Crippen LogP) is 3.11. The van der Waals surface area contributed by atoms with Crippen molar-refractivity contribution in [3.63, 3.8) is 0 Å². The fraction of sp³-hybridized carbons (Fsp3) is 0.800. The van der Waals surface area contributed by atoms with Crippen LogP contribution in [0.25, 0.3) is 0 Å². The number of nitrogens with zero attached hydrogens (tertiary/aromatic N) is 2. The molecule has 1 saturated heterocycles. The van der Waals surface area contributed by atoms with Crippen molar-refractivity contribution in [3.05, 3.63) is 11.9 Å². The number of likely N-dealkylation sites (tertiary alicyclic amines) is 1. The average molecular weight is 249 g/mol. The lowest BCUT2D eigenvalue weighted by Crippen LogP contribution is -2.31. The van der Waals surface area contributed by atoms with E-state index in [0.29, 0.717) is 5.41 Å². The van der Waals surface area contributed by atoms with Crippen LogP contribution in [0.5, 0.6) is 0 Å². The van der Waals surface area contributed by atoms with E-state index in [9.17, 15) is 0 Å². The van der Waals surface area contributed by atoms with Gasteiger partial charge in [-0.2, -0.15) is 5.26 Å². The van der Waals surface area contributed by atoms with Gasteiger partial charge in [0.05, 0.1) is 12.1 Å². The van der Waals surface area contributed by atoms with Crippen LogP contribution in [0.4, 0.5) is 0 Å². The van der Waals surface area contributed by atoms with E-state index < -0.39 is 0 Å². The highest BCUT2D eigenvalue weighted by Gasteiger charge is 2.27. The average Bonchev–Trinajstić information content (AvgIpc) is 2.70. The molecular formula is C15H27N3. The molecule has 0 spiro atoms. The van der Waals surface area contributed by atoms with Gasteiger partial charge in [-0.1, -0.05) is 27.7 Å². The van der Waals surface area contributed by atoms with Crippen molar-refractivity contribution >= 4 is 0 Å². The quantitative estimate of drug-likeness (QED) is 0.761. The summed E-state index contributed by atoms with van der Waals surface area (Å²) in [5.41, 5.74) is 0.399. The van der Waals surface area contributed by atoms with Crippen LogP contribution in [-0.2, 0) is 0 Å². The molecule has 0 aromatic rings. The van der Waals surface area contributed by atoms with Crippen molar-refractivity contribution in [3.8, 4) is 6.07 Å². The number of hydrogen-bond acceptors (Lipinski definition) is 3. The maximum absolute atomic E-state index is 8.86. The van der Waals surface area contributed by atoms with Crippen LogP contribution >= 0.6 is 0 Å². The number of rotatable bonds is 5. The van der Waals surface area contributed by atoms with Gasteiger partial charge in [0.25, 0.3) is 0 Å². The van der Waals surface area contributed by atoms with Gasteiger partial charge in [0.2, 0.25) is 0 Å². The van der Waals surface area contributed by atoms with Crippen molar-refractivity contribution in [2.75, 3.05) is 19.6 Å². The third kappa shape index (κ3) is 5.00. The van der Waals surface area contributed by atoms with Crippen LogP contribution in [-0.4, -0.2) is 24.5 Å². The van der Waals surface area contributed by atoms with E-state index in [1.54, 1.807) is 6.08 Å². The van der Waals surface area contributed by atoms with Crippen LogP contribution in [0.15, 0.2) is 11.9 Å². The molecule has 0 saturated carbocycles. The molecule has 1 rings (SSSR count). The fourth-order valence-electron chi connectivity index (χ4n) is 2.65. The van der Waals surface area contributed by atoms with Crippen molar-refractivity contribution in [1.29, 1.82) is 5.26 Å². The van der Waals surface area contributed by atoms with E-state index >= 15 is 0 Å². The van der Waals surface area contributed by atoms with Gasteiger partial charge in [-0.15, -0.1) is 0 Å². The first kappa shape index (κ1) is 14.9. The van der Waals surface area contributed by atoms with Crippen LogP contribution in [0, 0.1) is 22.7 Å². The fourth-order valence-corrected chi connectivity index (χ4v) is 2.65. The Bertz CT molecular complexity index is 320. The van der Waals surface area contributed by atoms with Crippen molar-refractivity contribution in [1.82, 2.24) is 10.2 Å². The van der Waals surface area contributed by atoms with E-state index in [4.69, 9.17) is 5.26 Å². The Hall–Kier alpha value is -1.17. The number of nitriles is 1. The van der Waals surface area contributed by atoms with Gasteiger partial charge in [-0.05, 0) is 30.6 Å². The van der Waals surface area contributed by atoms with Gasteiger partial charge in [0, 0.05) is 19.6 Å². The van der Waals surface area contributed by atoms with E-state index in [0.717, 1.165) is 37.8 Å². The van der Waals surface area contributed by atoms with Crippen molar-refractivity contribution in [2.45, 2.75) is 47.0 Å². The minimum atomic E-state index is 0.399. The maximum Gasteiger partial charge on any atom is 0.112 e. The van der Waals surface area contributed by atoms with Crippen LogP contribution in [0.3, 0.4) is 0 Å². The highest BCUT2D eigenvalue weighted by molar-refractivity contribution is 5.12. The summed E-state index contributed by atoms with van der Waals surface area (Å²) >= 11 is 0. The molecule has 0 bridgehead atoms. The van der Waals surface area contributed by atoms with E-state index in [2.05, 4.69) is 44.0 Å². The number of hydrogen-bond donors (Lipinski definition) is 1. The monoisotopic (exact) mass is 249 g/mol. The molecule has 1 aliphatic rings. The van der Waals surface area contributed by atoms with Crippen molar-refractivity contribution in [2.24, 2.45) is 11.3 Å². The molecule has 102 valence electrons. The molecule has 1 atom stereocenters. The molecule has 18 heavy (non-hydrogen) atoms. The summed E-state index contributed by atoms with van der Waals surface area (Å²) in [6, 6.07) is 2.15. The molecule has 3 heteroatoms. The summed E-state index contributed by atoms with van der Waals surface area (Å²) in [5.74, 6) is 1.77. The highest BCUT2D eigenvalue weighted by Crippen LogP contribution is 2.31. The summed E-state index contributed by atoms with van der Waals surface area (Å²) in [6.07, 6.45) is 5.24. The predicted molar refractivity (Wildman–Crippen MR) is 75.7 cm³/mol. The first-order valence-corrected chi connectivity index (χ1v) is 7.05.